The summed E-state index contributed by atoms with van der Waals surface area (Å²) in [5, 5.41) is 3.28. The molecule has 0 aliphatic carbocycles. The Morgan fingerprint density at radius 3 is 2.74 bits per heavy atom. The van der Waals surface area contributed by atoms with Gasteiger partial charge in [-0.15, -0.1) is 0 Å². The van der Waals surface area contributed by atoms with Gasteiger partial charge in [-0.25, -0.2) is 8.78 Å². The summed E-state index contributed by atoms with van der Waals surface area (Å²) in [6.45, 7) is 2.02. The van der Waals surface area contributed by atoms with Crippen molar-refractivity contribution < 1.29 is 13.6 Å². The number of hydrogen-bond acceptors (Lipinski definition) is 2. The Morgan fingerprint density at radius 1 is 1.26 bits per heavy atom. The summed E-state index contributed by atoms with van der Waals surface area (Å²) in [5.74, 6) is -0.426. The Bertz CT molecular complexity index is 442. The fourth-order valence-electron chi connectivity index (χ4n) is 2.52. The predicted octanol–water partition coefficient (Wildman–Crippen LogP) is 2.86. The molecule has 0 bridgehead atoms. The summed E-state index contributed by atoms with van der Waals surface area (Å²) in [4.78, 5) is 11.8. The van der Waals surface area contributed by atoms with Crippen LogP contribution in [0, 0.1) is 17.6 Å². The van der Waals surface area contributed by atoms with Gasteiger partial charge in [-0.3, -0.25) is 4.79 Å². The molecule has 2 rings (SSSR count). The fourth-order valence-corrected chi connectivity index (χ4v) is 2.52. The second kappa shape index (κ2) is 6.75. The monoisotopic (exact) mass is 267 g/mol. The van der Waals surface area contributed by atoms with Crippen molar-refractivity contribution in [1.29, 1.82) is 0 Å². The summed E-state index contributed by atoms with van der Waals surface area (Å²) in [7, 11) is 0. The number of carbonyl (C=O) groups excluding carboxylic acids is 1. The lowest BCUT2D eigenvalue weighted by Gasteiger charge is -2.22. The summed E-state index contributed by atoms with van der Waals surface area (Å²) in [5.41, 5.74) is 0.162. The van der Waals surface area contributed by atoms with Crippen molar-refractivity contribution in [3.63, 3.8) is 0 Å². The molecule has 1 fully saturated rings. The number of nitrogens with one attached hydrogen (secondary N) is 1. The first-order chi connectivity index (χ1) is 9.15. The van der Waals surface area contributed by atoms with Crippen LogP contribution in [0.15, 0.2) is 18.2 Å². The van der Waals surface area contributed by atoms with Gasteiger partial charge in [0, 0.05) is 12.8 Å². The molecule has 1 heterocycles. The van der Waals surface area contributed by atoms with Crippen molar-refractivity contribution in [3.8, 4) is 0 Å². The Morgan fingerprint density at radius 2 is 2.00 bits per heavy atom. The highest BCUT2D eigenvalue weighted by atomic mass is 19.1. The molecular weight excluding hydrogens is 248 g/mol. The van der Waals surface area contributed by atoms with Crippen LogP contribution in [0.2, 0.25) is 0 Å². The average molecular weight is 267 g/mol. The van der Waals surface area contributed by atoms with E-state index in [-0.39, 0.29) is 17.8 Å². The second-order valence-electron chi connectivity index (χ2n) is 5.18. The second-order valence-corrected chi connectivity index (χ2v) is 5.18. The van der Waals surface area contributed by atoms with E-state index in [2.05, 4.69) is 5.32 Å². The molecule has 4 heteroatoms. The number of hydrogen-bond donors (Lipinski definition) is 1. The molecule has 0 unspecified atom stereocenters. The molecule has 2 nitrogen and oxygen atoms in total. The maximum Gasteiger partial charge on any atom is 0.137 e. The van der Waals surface area contributed by atoms with Gasteiger partial charge in [0.15, 0.2) is 0 Å². The Kier molecular flexibility index (Phi) is 5.02. The van der Waals surface area contributed by atoms with E-state index in [0.717, 1.165) is 50.6 Å². The quantitative estimate of drug-likeness (QED) is 0.888. The summed E-state index contributed by atoms with van der Waals surface area (Å²) in [6.07, 6.45) is 3.51. The zero-order valence-corrected chi connectivity index (χ0v) is 10.9. The summed E-state index contributed by atoms with van der Waals surface area (Å²) in [6, 6.07) is 3.25. The first kappa shape index (κ1) is 14.1. The van der Waals surface area contributed by atoms with Gasteiger partial charge in [-0.2, -0.15) is 0 Å². The van der Waals surface area contributed by atoms with E-state index < -0.39 is 11.6 Å². The third kappa shape index (κ3) is 4.39. The number of halogens is 2. The van der Waals surface area contributed by atoms with Crippen LogP contribution in [-0.4, -0.2) is 18.9 Å². The maximum atomic E-state index is 13.4. The minimum atomic E-state index is -0.503. The molecule has 0 spiro atoms. The zero-order valence-electron chi connectivity index (χ0n) is 10.9. The highest BCUT2D eigenvalue weighted by Gasteiger charge is 2.15. The first-order valence-electron chi connectivity index (χ1n) is 6.81. The van der Waals surface area contributed by atoms with Gasteiger partial charge in [-0.05, 0) is 62.0 Å². The molecular formula is C15H19F2NO. The van der Waals surface area contributed by atoms with E-state index in [4.69, 9.17) is 0 Å². The minimum absolute atomic E-state index is 0.00539. The van der Waals surface area contributed by atoms with Gasteiger partial charge in [0.1, 0.15) is 17.4 Å². The van der Waals surface area contributed by atoms with Crippen molar-refractivity contribution in [2.24, 2.45) is 5.92 Å². The first-order valence-corrected chi connectivity index (χ1v) is 6.81. The van der Waals surface area contributed by atoms with Gasteiger partial charge in [-0.1, -0.05) is 0 Å². The molecule has 0 aromatic heterocycles. The van der Waals surface area contributed by atoms with E-state index in [1.165, 1.54) is 0 Å². The minimum Gasteiger partial charge on any atom is -0.317 e. The SMILES string of the molecule is O=C(CCC1CCNCC1)Cc1cc(F)ccc1F. The molecule has 0 radical (unpaired) electrons. The average Bonchev–Trinajstić information content (AvgIpc) is 2.42. The fraction of sp³-hybridized carbons (Fsp3) is 0.533. The van der Waals surface area contributed by atoms with Crippen LogP contribution in [0.1, 0.15) is 31.2 Å². The molecule has 1 aliphatic heterocycles. The van der Waals surface area contributed by atoms with Crippen LogP contribution >= 0.6 is 0 Å². The molecule has 1 N–H and O–H groups in total. The Labute approximate surface area is 112 Å². The highest BCUT2D eigenvalue weighted by Crippen LogP contribution is 2.19. The highest BCUT2D eigenvalue weighted by molar-refractivity contribution is 5.80. The van der Waals surface area contributed by atoms with Crippen molar-refractivity contribution in [2.45, 2.75) is 32.1 Å². The van der Waals surface area contributed by atoms with Crippen LogP contribution in [0.5, 0.6) is 0 Å². The normalized spacial score (nSPS) is 16.5. The van der Waals surface area contributed by atoms with Crippen molar-refractivity contribution in [2.75, 3.05) is 13.1 Å². The van der Waals surface area contributed by atoms with E-state index in [9.17, 15) is 13.6 Å². The molecule has 19 heavy (non-hydrogen) atoms. The van der Waals surface area contributed by atoms with E-state index >= 15 is 0 Å². The van der Waals surface area contributed by atoms with Crippen LogP contribution in [0.25, 0.3) is 0 Å². The predicted molar refractivity (Wildman–Crippen MR) is 69.9 cm³/mol. The van der Waals surface area contributed by atoms with Crippen LogP contribution in [0.4, 0.5) is 8.78 Å². The standard InChI is InChI=1S/C15H19F2NO/c16-13-2-4-15(17)12(9-13)10-14(19)3-1-11-5-7-18-8-6-11/h2,4,9,11,18H,1,3,5-8,10H2. The zero-order chi connectivity index (χ0) is 13.7. The van der Waals surface area contributed by atoms with Gasteiger partial charge >= 0.3 is 0 Å². The number of ketones is 1. The maximum absolute atomic E-state index is 13.4. The lowest BCUT2D eigenvalue weighted by Crippen LogP contribution is -2.28. The van der Waals surface area contributed by atoms with E-state index in [1.54, 1.807) is 0 Å². The van der Waals surface area contributed by atoms with Crippen molar-refractivity contribution in [1.82, 2.24) is 5.32 Å². The van der Waals surface area contributed by atoms with Gasteiger partial charge in [0.25, 0.3) is 0 Å². The number of carbonyl (C=O) groups is 1. The third-order valence-corrected chi connectivity index (χ3v) is 3.69. The van der Waals surface area contributed by atoms with Gasteiger partial charge in [0.2, 0.25) is 0 Å². The van der Waals surface area contributed by atoms with Crippen LogP contribution in [0.3, 0.4) is 0 Å². The topological polar surface area (TPSA) is 29.1 Å². The Hall–Kier alpha value is -1.29. The van der Waals surface area contributed by atoms with Crippen LogP contribution < -0.4 is 5.32 Å². The van der Waals surface area contributed by atoms with Crippen molar-refractivity contribution in [3.05, 3.63) is 35.4 Å². The number of Topliss-reactive ketones (excluding diaryl/α,β-unsaturated/α-hetero) is 1. The Balaban J connectivity index is 1.81. The molecule has 1 aliphatic rings. The summed E-state index contributed by atoms with van der Waals surface area (Å²) >= 11 is 0. The number of piperidine rings is 1. The van der Waals surface area contributed by atoms with E-state index in [0.29, 0.717) is 12.3 Å². The molecule has 0 saturated carbocycles. The molecule has 0 atom stereocenters. The van der Waals surface area contributed by atoms with Crippen LogP contribution in [-0.2, 0) is 11.2 Å². The van der Waals surface area contributed by atoms with E-state index in [1.807, 2.05) is 0 Å². The molecule has 0 amide bonds. The molecule has 1 aromatic rings. The number of benzene rings is 1. The van der Waals surface area contributed by atoms with Gasteiger partial charge in [0.05, 0.1) is 0 Å². The molecule has 1 saturated heterocycles. The largest absolute Gasteiger partial charge is 0.317 e. The third-order valence-electron chi connectivity index (χ3n) is 3.69. The summed E-state index contributed by atoms with van der Waals surface area (Å²) < 4.78 is 26.4. The lowest BCUT2D eigenvalue weighted by molar-refractivity contribution is -0.118. The van der Waals surface area contributed by atoms with Gasteiger partial charge < -0.3 is 5.32 Å². The number of rotatable bonds is 5. The lowest BCUT2D eigenvalue weighted by atomic mass is 9.91. The van der Waals surface area contributed by atoms with Crippen molar-refractivity contribution >= 4 is 5.78 Å². The molecule has 104 valence electrons. The smallest absolute Gasteiger partial charge is 0.137 e. The molecule has 1 aromatic carbocycles.